The minimum Gasteiger partial charge on any atom is -0.350 e. The van der Waals surface area contributed by atoms with Crippen LogP contribution in [0.4, 0.5) is 13.2 Å². The van der Waals surface area contributed by atoms with Crippen LogP contribution in [-0.2, 0) is 20.8 Å². The van der Waals surface area contributed by atoms with E-state index in [1.165, 1.54) is 0 Å². The molecule has 0 bridgehead atoms. The number of alkyl halides is 3. The standard InChI is InChI=1S/C17H17F3N2O3S/c1-12(13-5-3-2-4-6-13)22-15(23)9-10-26(24,25)16-8-7-14(11-21-16)17(18,19)20/h2-8,11-12H,9-10H2,1H3,(H,22,23)/t12-/m0/s1. The molecule has 1 N–H and O–H groups in total. The summed E-state index contributed by atoms with van der Waals surface area (Å²) in [5.74, 6) is -1.02. The number of pyridine rings is 1. The summed E-state index contributed by atoms with van der Waals surface area (Å²) in [5.41, 5.74) is -0.168. The Kier molecular flexibility index (Phi) is 6.01. The number of rotatable bonds is 6. The van der Waals surface area contributed by atoms with E-state index < -0.39 is 38.3 Å². The fraction of sp³-hybridized carbons (Fsp3) is 0.294. The molecule has 0 fully saturated rings. The zero-order valence-corrected chi connectivity index (χ0v) is 14.6. The molecule has 1 aromatic carbocycles. The molecule has 2 aromatic rings. The van der Waals surface area contributed by atoms with Crippen LogP contribution < -0.4 is 5.32 Å². The molecule has 9 heteroatoms. The van der Waals surface area contributed by atoms with Crippen molar-refractivity contribution in [2.24, 2.45) is 0 Å². The van der Waals surface area contributed by atoms with Crippen molar-refractivity contribution < 1.29 is 26.4 Å². The molecule has 0 radical (unpaired) electrons. The zero-order chi connectivity index (χ0) is 19.4. The first-order valence-corrected chi connectivity index (χ1v) is 9.35. The van der Waals surface area contributed by atoms with Gasteiger partial charge in [0.1, 0.15) is 0 Å². The second kappa shape index (κ2) is 7.86. The number of hydrogen-bond donors (Lipinski definition) is 1. The average Bonchev–Trinajstić information content (AvgIpc) is 2.60. The lowest BCUT2D eigenvalue weighted by Crippen LogP contribution is -2.28. The Labute approximate surface area is 149 Å². The predicted octanol–water partition coefficient (Wildman–Crippen LogP) is 3.14. The molecule has 0 saturated heterocycles. The Morgan fingerprint density at radius 3 is 2.35 bits per heavy atom. The molecule has 5 nitrogen and oxygen atoms in total. The van der Waals surface area contributed by atoms with Crippen LogP contribution in [0.5, 0.6) is 0 Å². The van der Waals surface area contributed by atoms with Crippen molar-refractivity contribution in [3.63, 3.8) is 0 Å². The van der Waals surface area contributed by atoms with Crippen LogP contribution >= 0.6 is 0 Å². The number of halogens is 3. The maximum absolute atomic E-state index is 12.5. The van der Waals surface area contributed by atoms with Crippen LogP contribution in [0.15, 0.2) is 53.7 Å². The quantitative estimate of drug-likeness (QED) is 0.828. The Hall–Kier alpha value is -2.42. The monoisotopic (exact) mass is 386 g/mol. The number of nitrogens with zero attached hydrogens (tertiary/aromatic N) is 1. The van der Waals surface area contributed by atoms with E-state index in [0.717, 1.165) is 11.6 Å². The summed E-state index contributed by atoms with van der Waals surface area (Å²) in [7, 11) is -3.96. The summed E-state index contributed by atoms with van der Waals surface area (Å²) < 4.78 is 61.7. The molecule has 1 aromatic heterocycles. The number of hydrogen-bond acceptors (Lipinski definition) is 4. The number of sulfone groups is 1. The first kappa shape index (κ1) is 19.9. The van der Waals surface area contributed by atoms with Crippen molar-refractivity contribution in [1.82, 2.24) is 10.3 Å². The smallest absolute Gasteiger partial charge is 0.350 e. The van der Waals surface area contributed by atoms with Gasteiger partial charge in [0.2, 0.25) is 5.91 Å². The molecule has 140 valence electrons. The fourth-order valence-electron chi connectivity index (χ4n) is 2.20. The van der Waals surface area contributed by atoms with Crippen LogP contribution in [0.2, 0.25) is 0 Å². The highest BCUT2D eigenvalue weighted by atomic mass is 32.2. The lowest BCUT2D eigenvalue weighted by atomic mass is 10.1. The van der Waals surface area contributed by atoms with Gasteiger partial charge < -0.3 is 5.32 Å². The highest BCUT2D eigenvalue weighted by Gasteiger charge is 2.31. The summed E-state index contributed by atoms with van der Waals surface area (Å²) >= 11 is 0. The second-order valence-corrected chi connectivity index (χ2v) is 7.71. The number of benzene rings is 1. The molecule has 1 amide bonds. The minimum absolute atomic E-state index is 0.296. The van der Waals surface area contributed by atoms with Gasteiger partial charge in [-0.2, -0.15) is 13.2 Å². The van der Waals surface area contributed by atoms with Gasteiger partial charge in [-0.1, -0.05) is 30.3 Å². The topological polar surface area (TPSA) is 76.1 Å². The highest BCUT2D eigenvalue weighted by Crippen LogP contribution is 2.28. The predicted molar refractivity (Wildman–Crippen MR) is 88.9 cm³/mol. The van der Waals surface area contributed by atoms with Crippen molar-refractivity contribution in [1.29, 1.82) is 0 Å². The van der Waals surface area contributed by atoms with E-state index in [9.17, 15) is 26.4 Å². The van der Waals surface area contributed by atoms with Gasteiger partial charge in [-0.3, -0.25) is 4.79 Å². The van der Waals surface area contributed by atoms with Crippen LogP contribution in [0, 0.1) is 0 Å². The van der Waals surface area contributed by atoms with Gasteiger partial charge in [0.05, 0.1) is 17.4 Å². The normalized spacial score (nSPS) is 13.2. The Morgan fingerprint density at radius 1 is 1.15 bits per heavy atom. The Bertz CT molecular complexity index is 851. The number of nitrogens with one attached hydrogen (secondary N) is 1. The van der Waals surface area contributed by atoms with Crippen LogP contribution in [0.25, 0.3) is 0 Å². The van der Waals surface area contributed by atoms with E-state index in [-0.39, 0.29) is 12.5 Å². The molecular formula is C17H17F3N2O3S. The number of aromatic nitrogens is 1. The summed E-state index contributed by atoms with van der Waals surface area (Å²) in [5, 5.41) is 2.19. The largest absolute Gasteiger partial charge is 0.417 e. The third kappa shape index (κ3) is 5.29. The van der Waals surface area contributed by atoms with Crippen LogP contribution in [0.3, 0.4) is 0 Å². The third-order valence-electron chi connectivity index (χ3n) is 3.66. The molecule has 0 saturated carbocycles. The van der Waals surface area contributed by atoms with Crippen molar-refractivity contribution in [3.8, 4) is 0 Å². The molecule has 26 heavy (non-hydrogen) atoms. The van der Waals surface area contributed by atoms with E-state index in [1.807, 2.05) is 30.3 Å². The third-order valence-corrected chi connectivity index (χ3v) is 5.28. The van der Waals surface area contributed by atoms with Gasteiger partial charge in [0, 0.05) is 12.6 Å². The van der Waals surface area contributed by atoms with Gasteiger partial charge >= 0.3 is 6.18 Å². The van der Waals surface area contributed by atoms with Gasteiger partial charge in [-0.25, -0.2) is 13.4 Å². The fourth-order valence-corrected chi connectivity index (χ4v) is 3.35. The SMILES string of the molecule is C[C@H](NC(=O)CCS(=O)(=O)c1ccc(C(F)(F)F)cn1)c1ccccc1. The highest BCUT2D eigenvalue weighted by molar-refractivity contribution is 7.91. The summed E-state index contributed by atoms with van der Waals surface area (Å²) in [4.78, 5) is 15.3. The van der Waals surface area contributed by atoms with Gasteiger partial charge in [-0.15, -0.1) is 0 Å². The van der Waals surface area contributed by atoms with Crippen molar-refractivity contribution >= 4 is 15.7 Å². The van der Waals surface area contributed by atoms with Gasteiger partial charge in [-0.05, 0) is 24.6 Å². The maximum Gasteiger partial charge on any atom is 0.417 e. The molecular weight excluding hydrogens is 369 g/mol. The van der Waals surface area contributed by atoms with E-state index in [4.69, 9.17) is 0 Å². The average molecular weight is 386 g/mol. The van der Waals surface area contributed by atoms with Gasteiger partial charge in [0.25, 0.3) is 0 Å². The zero-order valence-electron chi connectivity index (χ0n) is 13.8. The van der Waals surface area contributed by atoms with Crippen LogP contribution in [0.1, 0.15) is 30.5 Å². The van der Waals surface area contributed by atoms with Gasteiger partial charge in [0.15, 0.2) is 14.9 Å². The number of carbonyl (C=O) groups excluding carboxylic acids is 1. The van der Waals surface area contributed by atoms with E-state index >= 15 is 0 Å². The molecule has 1 atom stereocenters. The molecule has 0 unspecified atom stereocenters. The lowest BCUT2D eigenvalue weighted by Gasteiger charge is -2.14. The second-order valence-electron chi connectivity index (χ2n) is 5.65. The molecule has 0 spiro atoms. The lowest BCUT2D eigenvalue weighted by molar-refractivity contribution is -0.137. The first-order chi connectivity index (χ1) is 12.1. The summed E-state index contributed by atoms with van der Waals surface area (Å²) in [6, 6.07) is 10.3. The Balaban J connectivity index is 1.96. The van der Waals surface area contributed by atoms with E-state index in [0.29, 0.717) is 12.3 Å². The maximum atomic E-state index is 12.5. The number of carbonyl (C=O) groups is 1. The molecule has 0 aliphatic carbocycles. The number of amides is 1. The molecule has 2 rings (SSSR count). The molecule has 1 heterocycles. The Morgan fingerprint density at radius 2 is 1.81 bits per heavy atom. The first-order valence-electron chi connectivity index (χ1n) is 7.70. The molecule has 0 aliphatic heterocycles. The van der Waals surface area contributed by atoms with Crippen molar-refractivity contribution in [2.75, 3.05) is 5.75 Å². The van der Waals surface area contributed by atoms with Crippen molar-refractivity contribution in [2.45, 2.75) is 30.6 Å². The summed E-state index contributed by atoms with van der Waals surface area (Å²) in [6.45, 7) is 1.76. The molecule has 0 aliphatic rings. The van der Waals surface area contributed by atoms with Crippen LogP contribution in [-0.4, -0.2) is 25.1 Å². The van der Waals surface area contributed by atoms with E-state index in [1.54, 1.807) is 6.92 Å². The minimum atomic E-state index is -4.59. The van der Waals surface area contributed by atoms with E-state index in [2.05, 4.69) is 10.3 Å². The van der Waals surface area contributed by atoms with Crippen molar-refractivity contribution in [3.05, 3.63) is 59.8 Å². The summed E-state index contributed by atoms with van der Waals surface area (Å²) in [6.07, 6.45) is -4.45.